The van der Waals surface area contributed by atoms with Crippen LogP contribution < -0.4 is 10.5 Å². The third-order valence-corrected chi connectivity index (χ3v) is 3.50. The highest BCUT2D eigenvalue weighted by Crippen LogP contribution is 2.24. The zero-order chi connectivity index (χ0) is 12.7. The molecule has 0 amide bonds. The van der Waals surface area contributed by atoms with E-state index in [9.17, 15) is 0 Å². The molecule has 0 aliphatic carbocycles. The first-order valence-corrected chi connectivity index (χ1v) is 6.61. The van der Waals surface area contributed by atoms with Gasteiger partial charge in [0.1, 0.15) is 5.75 Å². The molecule has 1 aromatic rings. The number of rotatable bonds is 6. The van der Waals surface area contributed by atoms with Gasteiger partial charge in [-0.3, -0.25) is 0 Å². The van der Waals surface area contributed by atoms with Crippen molar-refractivity contribution in [3.63, 3.8) is 0 Å². The lowest BCUT2D eigenvalue weighted by molar-refractivity contribution is 0.318. The molecular formula is C12H18N2O2S. The summed E-state index contributed by atoms with van der Waals surface area (Å²) >= 11 is 1.84. The highest BCUT2D eigenvalue weighted by Gasteiger charge is 2.07. The van der Waals surface area contributed by atoms with Gasteiger partial charge in [0, 0.05) is 16.9 Å². The van der Waals surface area contributed by atoms with Crippen molar-refractivity contribution in [1.29, 1.82) is 0 Å². The summed E-state index contributed by atoms with van der Waals surface area (Å²) in [6, 6.07) is 5.52. The minimum Gasteiger partial charge on any atom is -0.496 e. The molecule has 4 nitrogen and oxygen atoms in total. The summed E-state index contributed by atoms with van der Waals surface area (Å²) in [5.41, 5.74) is 7.34. The van der Waals surface area contributed by atoms with Crippen LogP contribution in [0.4, 0.5) is 0 Å². The van der Waals surface area contributed by atoms with Crippen molar-refractivity contribution < 1.29 is 9.94 Å². The van der Waals surface area contributed by atoms with Crippen LogP contribution in [0, 0.1) is 0 Å². The second-order valence-electron chi connectivity index (χ2n) is 3.56. The number of amidine groups is 1. The lowest BCUT2D eigenvalue weighted by Gasteiger charge is -2.10. The molecule has 0 aromatic heterocycles. The topological polar surface area (TPSA) is 67.8 Å². The van der Waals surface area contributed by atoms with E-state index in [-0.39, 0.29) is 5.84 Å². The van der Waals surface area contributed by atoms with E-state index in [0.717, 1.165) is 29.2 Å². The van der Waals surface area contributed by atoms with Gasteiger partial charge in [0.05, 0.1) is 7.11 Å². The Balaban J connectivity index is 2.90. The summed E-state index contributed by atoms with van der Waals surface area (Å²) in [5.74, 6) is 2.93. The van der Waals surface area contributed by atoms with Crippen LogP contribution in [0.5, 0.6) is 5.75 Å². The molecule has 94 valence electrons. The number of methoxy groups -OCH3 is 1. The predicted molar refractivity (Wildman–Crippen MR) is 72.0 cm³/mol. The number of nitrogens with two attached hydrogens (primary N) is 1. The minimum atomic E-state index is 0.120. The lowest BCUT2D eigenvalue weighted by Crippen LogP contribution is -2.13. The SMILES string of the molecule is CCCSCc1cc(/C(N)=N/O)ccc1OC. The number of ether oxygens (including phenoxy) is 1. The van der Waals surface area contributed by atoms with E-state index in [2.05, 4.69) is 12.1 Å². The molecule has 5 heteroatoms. The van der Waals surface area contributed by atoms with E-state index < -0.39 is 0 Å². The molecule has 0 heterocycles. The molecule has 0 unspecified atom stereocenters. The Hall–Kier alpha value is -1.36. The van der Waals surface area contributed by atoms with Crippen molar-refractivity contribution in [2.45, 2.75) is 19.1 Å². The van der Waals surface area contributed by atoms with Gasteiger partial charge in [-0.2, -0.15) is 11.8 Å². The molecule has 0 atom stereocenters. The average Bonchev–Trinajstić information content (AvgIpc) is 2.38. The van der Waals surface area contributed by atoms with Crippen molar-refractivity contribution in [2.75, 3.05) is 12.9 Å². The highest BCUT2D eigenvalue weighted by atomic mass is 32.2. The Bertz CT molecular complexity index is 394. The van der Waals surface area contributed by atoms with Gasteiger partial charge in [-0.15, -0.1) is 0 Å². The number of hydrogen-bond acceptors (Lipinski definition) is 4. The summed E-state index contributed by atoms with van der Waals surface area (Å²) in [4.78, 5) is 0. The molecule has 0 saturated carbocycles. The van der Waals surface area contributed by atoms with Gasteiger partial charge in [0.15, 0.2) is 5.84 Å². The minimum absolute atomic E-state index is 0.120. The largest absolute Gasteiger partial charge is 0.496 e. The molecule has 0 aliphatic heterocycles. The first-order valence-electron chi connectivity index (χ1n) is 5.45. The highest BCUT2D eigenvalue weighted by molar-refractivity contribution is 7.98. The fourth-order valence-electron chi connectivity index (χ4n) is 1.43. The third kappa shape index (κ3) is 3.85. The molecule has 0 aliphatic rings. The van der Waals surface area contributed by atoms with Crippen LogP contribution in [-0.2, 0) is 5.75 Å². The van der Waals surface area contributed by atoms with Crippen LogP contribution in [0.15, 0.2) is 23.4 Å². The first-order chi connectivity index (χ1) is 8.22. The first kappa shape index (κ1) is 13.7. The summed E-state index contributed by atoms with van der Waals surface area (Å²) in [6.45, 7) is 2.15. The normalized spacial score (nSPS) is 11.5. The second-order valence-corrected chi connectivity index (χ2v) is 4.67. The molecule has 0 saturated heterocycles. The fourth-order valence-corrected chi connectivity index (χ4v) is 2.31. The Labute approximate surface area is 106 Å². The van der Waals surface area contributed by atoms with Gasteiger partial charge >= 0.3 is 0 Å². The molecule has 0 radical (unpaired) electrons. The van der Waals surface area contributed by atoms with Gasteiger partial charge in [-0.25, -0.2) is 0 Å². The van der Waals surface area contributed by atoms with E-state index >= 15 is 0 Å². The molecule has 0 bridgehead atoms. The van der Waals surface area contributed by atoms with Crippen LogP contribution in [-0.4, -0.2) is 23.9 Å². The zero-order valence-electron chi connectivity index (χ0n) is 10.1. The molecule has 0 fully saturated rings. The quantitative estimate of drug-likeness (QED) is 0.269. The Kier molecular flexibility index (Phi) is 5.69. The van der Waals surface area contributed by atoms with Crippen molar-refractivity contribution in [1.82, 2.24) is 0 Å². The second kappa shape index (κ2) is 7.06. The molecule has 3 N–H and O–H groups in total. The van der Waals surface area contributed by atoms with Gasteiger partial charge in [0.2, 0.25) is 0 Å². The van der Waals surface area contributed by atoms with Crippen LogP contribution in [0.3, 0.4) is 0 Å². The van der Waals surface area contributed by atoms with Crippen LogP contribution in [0.25, 0.3) is 0 Å². The Morgan fingerprint density at radius 1 is 1.53 bits per heavy atom. The maximum atomic E-state index is 8.65. The molecule has 17 heavy (non-hydrogen) atoms. The van der Waals surface area contributed by atoms with E-state index in [1.165, 1.54) is 0 Å². The smallest absolute Gasteiger partial charge is 0.170 e. The predicted octanol–water partition coefficient (Wildman–Crippen LogP) is 2.43. The Morgan fingerprint density at radius 3 is 2.88 bits per heavy atom. The Morgan fingerprint density at radius 2 is 2.29 bits per heavy atom. The summed E-state index contributed by atoms with van der Waals surface area (Å²) in [7, 11) is 1.65. The average molecular weight is 254 g/mol. The molecule has 1 aromatic carbocycles. The third-order valence-electron chi connectivity index (χ3n) is 2.29. The number of oxime groups is 1. The van der Waals surface area contributed by atoms with Crippen molar-refractivity contribution in [3.05, 3.63) is 29.3 Å². The maximum absolute atomic E-state index is 8.65. The van der Waals surface area contributed by atoms with Gasteiger partial charge in [-0.05, 0) is 30.4 Å². The standard InChI is InChI=1S/C12H18N2O2S/c1-3-6-17-8-10-7-9(12(13)14-15)4-5-11(10)16-2/h4-5,7,15H,3,6,8H2,1-2H3,(H2,13,14). The van der Waals surface area contributed by atoms with E-state index in [1.807, 2.05) is 23.9 Å². The number of thioether (sulfide) groups is 1. The van der Waals surface area contributed by atoms with Crippen LogP contribution in [0.2, 0.25) is 0 Å². The number of benzene rings is 1. The number of nitrogens with zero attached hydrogens (tertiary/aromatic N) is 1. The molecule has 1 rings (SSSR count). The zero-order valence-corrected chi connectivity index (χ0v) is 11.0. The molecule has 0 spiro atoms. The summed E-state index contributed by atoms with van der Waals surface area (Å²) in [6.07, 6.45) is 1.15. The monoisotopic (exact) mass is 254 g/mol. The van der Waals surface area contributed by atoms with Gasteiger partial charge in [0.25, 0.3) is 0 Å². The summed E-state index contributed by atoms with van der Waals surface area (Å²) in [5, 5.41) is 11.6. The van der Waals surface area contributed by atoms with Crippen molar-refractivity contribution in [3.8, 4) is 5.75 Å². The fraction of sp³-hybridized carbons (Fsp3) is 0.417. The van der Waals surface area contributed by atoms with Crippen LogP contribution in [0.1, 0.15) is 24.5 Å². The van der Waals surface area contributed by atoms with E-state index in [4.69, 9.17) is 15.7 Å². The van der Waals surface area contributed by atoms with E-state index in [1.54, 1.807) is 13.2 Å². The molecular weight excluding hydrogens is 236 g/mol. The van der Waals surface area contributed by atoms with Crippen LogP contribution >= 0.6 is 11.8 Å². The van der Waals surface area contributed by atoms with E-state index in [0.29, 0.717) is 5.56 Å². The lowest BCUT2D eigenvalue weighted by atomic mass is 10.1. The maximum Gasteiger partial charge on any atom is 0.170 e. The number of hydrogen-bond donors (Lipinski definition) is 2. The van der Waals surface area contributed by atoms with Gasteiger partial charge in [-0.1, -0.05) is 12.1 Å². The van der Waals surface area contributed by atoms with Gasteiger partial charge < -0.3 is 15.7 Å². The summed E-state index contributed by atoms with van der Waals surface area (Å²) < 4.78 is 5.29. The van der Waals surface area contributed by atoms with Crippen molar-refractivity contribution >= 4 is 17.6 Å². The van der Waals surface area contributed by atoms with Crippen molar-refractivity contribution in [2.24, 2.45) is 10.9 Å².